The Morgan fingerprint density at radius 1 is 1.33 bits per heavy atom. The molecule has 3 heterocycles. The summed E-state index contributed by atoms with van der Waals surface area (Å²) in [7, 11) is 1.86. The SMILES string of the molecule is CC(C)c1nn(CC(=O)N[C@@H]2CCCN(C3CC3)C2)c(=O)c2ncn(C)c12. The molecule has 0 bridgehead atoms. The normalized spacial score (nSPS) is 21.1. The zero-order valence-electron chi connectivity index (χ0n) is 16.3. The summed E-state index contributed by atoms with van der Waals surface area (Å²) in [5.74, 6) is -0.0273. The fourth-order valence-corrected chi connectivity index (χ4v) is 4.03. The van der Waals surface area contributed by atoms with Crippen molar-refractivity contribution >= 4 is 16.9 Å². The average Bonchev–Trinajstić information content (AvgIpc) is 3.41. The van der Waals surface area contributed by atoms with E-state index in [0.717, 1.165) is 37.1 Å². The molecule has 2 aromatic rings. The van der Waals surface area contributed by atoms with Crippen molar-refractivity contribution in [1.82, 2.24) is 29.5 Å². The molecule has 1 amide bonds. The zero-order chi connectivity index (χ0) is 19.1. The molecule has 1 aliphatic carbocycles. The smallest absolute Gasteiger partial charge is 0.295 e. The topological polar surface area (TPSA) is 85.1 Å². The number of aromatic nitrogens is 4. The van der Waals surface area contributed by atoms with Gasteiger partial charge in [0.05, 0.1) is 17.5 Å². The van der Waals surface area contributed by atoms with Gasteiger partial charge in [0.2, 0.25) is 5.91 Å². The molecule has 1 aliphatic heterocycles. The summed E-state index contributed by atoms with van der Waals surface area (Å²) >= 11 is 0. The van der Waals surface area contributed by atoms with Crippen molar-refractivity contribution in [2.24, 2.45) is 7.05 Å². The van der Waals surface area contributed by atoms with Crippen LogP contribution in [0, 0.1) is 0 Å². The van der Waals surface area contributed by atoms with Crippen molar-refractivity contribution in [3.05, 3.63) is 22.4 Å². The van der Waals surface area contributed by atoms with Crippen molar-refractivity contribution < 1.29 is 4.79 Å². The van der Waals surface area contributed by atoms with E-state index in [-0.39, 0.29) is 30.0 Å². The second kappa shape index (κ2) is 7.07. The lowest BCUT2D eigenvalue weighted by molar-refractivity contribution is -0.123. The van der Waals surface area contributed by atoms with E-state index in [1.165, 1.54) is 17.5 Å². The van der Waals surface area contributed by atoms with Crippen LogP contribution in [0.3, 0.4) is 0 Å². The number of nitrogens with one attached hydrogen (secondary N) is 1. The lowest BCUT2D eigenvalue weighted by Crippen LogP contribution is -2.49. The molecule has 27 heavy (non-hydrogen) atoms. The summed E-state index contributed by atoms with van der Waals surface area (Å²) in [6.07, 6.45) is 6.29. The van der Waals surface area contributed by atoms with E-state index < -0.39 is 0 Å². The monoisotopic (exact) mass is 372 g/mol. The summed E-state index contributed by atoms with van der Waals surface area (Å²) < 4.78 is 3.08. The van der Waals surface area contributed by atoms with Crippen LogP contribution in [0.1, 0.15) is 51.1 Å². The van der Waals surface area contributed by atoms with Gasteiger partial charge in [-0.1, -0.05) is 13.8 Å². The number of likely N-dealkylation sites (tertiary alicyclic amines) is 1. The molecule has 0 radical (unpaired) electrons. The number of hydrogen-bond acceptors (Lipinski definition) is 5. The van der Waals surface area contributed by atoms with Crippen LogP contribution in [0.2, 0.25) is 0 Å². The van der Waals surface area contributed by atoms with Crippen molar-refractivity contribution in [3.63, 3.8) is 0 Å². The maximum absolute atomic E-state index is 12.7. The highest BCUT2D eigenvalue weighted by molar-refractivity contribution is 5.79. The number of fused-ring (bicyclic) bond motifs is 1. The number of nitrogens with zero attached hydrogens (tertiary/aromatic N) is 5. The first kappa shape index (κ1) is 18.2. The molecule has 146 valence electrons. The predicted molar refractivity (Wildman–Crippen MR) is 103 cm³/mol. The van der Waals surface area contributed by atoms with Gasteiger partial charge in [-0.25, -0.2) is 9.67 Å². The third kappa shape index (κ3) is 3.63. The minimum Gasteiger partial charge on any atom is -0.350 e. The first-order valence-corrected chi connectivity index (χ1v) is 9.89. The summed E-state index contributed by atoms with van der Waals surface area (Å²) in [6.45, 7) is 6.03. The number of imidazole rings is 1. The summed E-state index contributed by atoms with van der Waals surface area (Å²) in [4.78, 5) is 32.0. The minimum atomic E-state index is -0.312. The van der Waals surface area contributed by atoms with Crippen molar-refractivity contribution in [3.8, 4) is 0 Å². The molecule has 2 fully saturated rings. The van der Waals surface area contributed by atoms with E-state index in [2.05, 4.69) is 20.3 Å². The zero-order valence-corrected chi connectivity index (χ0v) is 16.3. The van der Waals surface area contributed by atoms with Crippen LogP contribution in [0.4, 0.5) is 0 Å². The predicted octanol–water partition coefficient (Wildman–Crippen LogP) is 0.996. The Balaban J connectivity index is 1.51. The summed E-state index contributed by atoms with van der Waals surface area (Å²) in [5.41, 5.74) is 1.60. The van der Waals surface area contributed by atoms with Gasteiger partial charge in [0.1, 0.15) is 6.54 Å². The molecule has 4 rings (SSSR count). The highest BCUT2D eigenvalue weighted by Crippen LogP contribution is 2.29. The molecular formula is C19H28N6O2. The second-order valence-electron chi connectivity index (χ2n) is 8.19. The van der Waals surface area contributed by atoms with Crippen LogP contribution in [-0.2, 0) is 18.4 Å². The van der Waals surface area contributed by atoms with Crippen LogP contribution in [-0.4, -0.2) is 55.3 Å². The van der Waals surface area contributed by atoms with Gasteiger partial charge in [0, 0.05) is 25.7 Å². The molecule has 1 saturated carbocycles. The number of aryl methyl sites for hydroxylation is 1. The molecule has 8 heteroatoms. The Morgan fingerprint density at radius 3 is 2.81 bits per heavy atom. The van der Waals surface area contributed by atoms with E-state index in [4.69, 9.17) is 0 Å². The van der Waals surface area contributed by atoms with Gasteiger partial charge in [0.25, 0.3) is 5.56 Å². The van der Waals surface area contributed by atoms with Crippen molar-refractivity contribution in [2.45, 2.75) is 64.1 Å². The fourth-order valence-electron chi connectivity index (χ4n) is 4.03. The van der Waals surface area contributed by atoms with Crippen LogP contribution >= 0.6 is 0 Å². The maximum Gasteiger partial charge on any atom is 0.295 e. The molecule has 1 saturated heterocycles. The number of hydrogen-bond donors (Lipinski definition) is 1. The second-order valence-corrected chi connectivity index (χ2v) is 8.19. The Morgan fingerprint density at radius 2 is 2.11 bits per heavy atom. The van der Waals surface area contributed by atoms with E-state index >= 15 is 0 Å². The lowest BCUT2D eigenvalue weighted by atomic mass is 10.1. The molecule has 0 aromatic carbocycles. The number of rotatable bonds is 5. The molecule has 1 atom stereocenters. The largest absolute Gasteiger partial charge is 0.350 e. The molecule has 0 unspecified atom stereocenters. The van der Waals surface area contributed by atoms with E-state index in [9.17, 15) is 9.59 Å². The molecule has 2 aromatic heterocycles. The maximum atomic E-state index is 12.7. The highest BCUT2D eigenvalue weighted by Gasteiger charge is 2.33. The standard InChI is InChI=1S/C19H28N6O2/c1-12(2)16-18-17(20-11-23(18)3)19(27)25(22-16)10-15(26)21-13-5-4-8-24(9-13)14-6-7-14/h11-14H,4-10H2,1-3H3,(H,21,26)/t13-/m1/s1. The molecule has 0 spiro atoms. The number of carbonyl (C=O) groups is 1. The third-order valence-electron chi connectivity index (χ3n) is 5.57. The van der Waals surface area contributed by atoms with Gasteiger partial charge >= 0.3 is 0 Å². The lowest BCUT2D eigenvalue weighted by Gasteiger charge is -2.33. The van der Waals surface area contributed by atoms with Crippen LogP contribution in [0.25, 0.3) is 11.0 Å². The molecule has 8 nitrogen and oxygen atoms in total. The fraction of sp³-hybridized carbons (Fsp3) is 0.684. The van der Waals surface area contributed by atoms with Crippen molar-refractivity contribution in [2.75, 3.05) is 13.1 Å². The van der Waals surface area contributed by atoms with Crippen LogP contribution in [0.5, 0.6) is 0 Å². The van der Waals surface area contributed by atoms with Gasteiger partial charge < -0.3 is 9.88 Å². The molecular weight excluding hydrogens is 344 g/mol. The van der Waals surface area contributed by atoms with Crippen LogP contribution in [0.15, 0.2) is 11.1 Å². The molecule has 1 N–H and O–H groups in total. The van der Waals surface area contributed by atoms with E-state index in [0.29, 0.717) is 11.6 Å². The minimum absolute atomic E-state index is 0.0645. The van der Waals surface area contributed by atoms with Crippen LogP contribution < -0.4 is 10.9 Å². The number of piperidine rings is 1. The Hall–Kier alpha value is -2.22. The van der Waals surface area contributed by atoms with Gasteiger partial charge in [-0.05, 0) is 38.1 Å². The first-order chi connectivity index (χ1) is 12.9. The van der Waals surface area contributed by atoms with Gasteiger partial charge in [-0.2, -0.15) is 5.10 Å². The Bertz CT molecular complexity index is 911. The van der Waals surface area contributed by atoms with E-state index in [1.807, 2.05) is 25.5 Å². The third-order valence-corrected chi connectivity index (χ3v) is 5.57. The molecule has 2 aliphatic rings. The van der Waals surface area contributed by atoms with Crippen molar-refractivity contribution in [1.29, 1.82) is 0 Å². The summed E-state index contributed by atoms with van der Waals surface area (Å²) in [6, 6.07) is 0.875. The quantitative estimate of drug-likeness (QED) is 0.846. The Kier molecular flexibility index (Phi) is 4.75. The first-order valence-electron chi connectivity index (χ1n) is 9.89. The van der Waals surface area contributed by atoms with E-state index in [1.54, 1.807) is 6.33 Å². The summed E-state index contributed by atoms with van der Waals surface area (Å²) in [5, 5.41) is 7.59. The number of amides is 1. The van der Waals surface area contributed by atoms with Gasteiger partial charge in [-0.3, -0.25) is 14.5 Å². The highest BCUT2D eigenvalue weighted by atomic mass is 16.2. The van der Waals surface area contributed by atoms with Gasteiger partial charge in [-0.15, -0.1) is 0 Å². The Labute approximate surface area is 158 Å². The average molecular weight is 372 g/mol. The number of carbonyl (C=O) groups excluding carboxylic acids is 1. The van der Waals surface area contributed by atoms with Gasteiger partial charge in [0.15, 0.2) is 5.52 Å².